The number of ether oxygens (including phenoxy) is 1. The summed E-state index contributed by atoms with van der Waals surface area (Å²) in [5.41, 5.74) is 0.208. The molecule has 26 heavy (non-hydrogen) atoms. The maximum absolute atomic E-state index is 14.2. The molecule has 1 fully saturated rings. The zero-order valence-corrected chi connectivity index (χ0v) is 13.3. The molecule has 7 nitrogen and oxygen atoms in total. The number of hydrogen-bond donors (Lipinski definition) is 1. The van der Waals surface area contributed by atoms with Crippen LogP contribution < -0.4 is 5.32 Å². The highest BCUT2D eigenvalue weighted by atomic mass is 19.4. The minimum Gasteiger partial charge on any atom is -0.378 e. The van der Waals surface area contributed by atoms with E-state index in [0.717, 1.165) is 6.07 Å². The molecule has 3 rings (SSSR count). The van der Waals surface area contributed by atoms with Crippen LogP contribution in [-0.4, -0.2) is 47.4 Å². The Balaban J connectivity index is 1.65. The van der Waals surface area contributed by atoms with Crippen molar-refractivity contribution in [1.29, 1.82) is 0 Å². The van der Waals surface area contributed by atoms with Gasteiger partial charge in [0.05, 0.1) is 18.8 Å². The number of amides is 2. The summed E-state index contributed by atoms with van der Waals surface area (Å²) in [6.45, 7) is 1.92. The van der Waals surface area contributed by atoms with Crippen molar-refractivity contribution in [2.24, 2.45) is 0 Å². The fourth-order valence-electron chi connectivity index (χ4n) is 2.35. The van der Waals surface area contributed by atoms with Crippen LogP contribution in [0.1, 0.15) is 11.5 Å². The van der Waals surface area contributed by atoms with Gasteiger partial charge in [-0.1, -0.05) is 11.2 Å². The molecule has 0 radical (unpaired) electrons. The molecule has 2 heterocycles. The van der Waals surface area contributed by atoms with Gasteiger partial charge >= 0.3 is 18.1 Å². The van der Waals surface area contributed by atoms with Gasteiger partial charge < -0.3 is 19.5 Å². The molecule has 1 aromatic heterocycles. The minimum absolute atomic E-state index is 0.0629. The highest BCUT2D eigenvalue weighted by Crippen LogP contribution is 2.30. The maximum atomic E-state index is 14.2. The largest absolute Gasteiger partial charge is 0.471 e. The summed E-state index contributed by atoms with van der Waals surface area (Å²) in [7, 11) is 0. The SMILES string of the molecule is O=C(NCc1ccc(-c2noc(C(F)(F)F)n2)c(F)c1)N1CCOCC1. The molecule has 0 unspecified atom stereocenters. The summed E-state index contributed by atoms with van der Waals surface area (Å²) in [5.74, 6) is -2.87. The van der Waals surface area contributed by atoms with Crippen LogP contribution in [0.15, 0.2) is 22.7 Å². The Bertz CT molecular complexity index is 787. The number of urea groups is 1. The first-order valence-electron chi connectivity index (χ1n) is 7.65. The molecule has 140 valence electrons. The number of carbonyl (C=O) groups is 1. The minimum atomic E-state index is -4.80. The van der Waals surface area contributed by atoms with Gasteiger partial charge in [-0.05, 0) is 17.7 Å². The molecule has 2 aromatic rings. The van der Waals surface area contributed by atoms with E-state index in [1.807, 2.05) is 0 Å². The second-order valence-electron chi connectivity index (χ2n) is 5.49. The molecule has 0 bridgehead atoms. The second kappa shape index (κ2) is 7.28. The average molecular weight is 374 g/mol. The number of morpholine rings is 1. The van der Waals surface area contributed by atoms with Gasteiger partial charge in [-0.25, -0.2) is 9.18 Å². The van der Waals surface area contributed by atoms with Crippen molar-refractivity contribution < 1.29 is 31.6 Å². The van der Waals surface area contributed by atoms with Gasteiger partial charge in [0.25, 0.3) is 0 Å². The van der Waals surface area contributed by atoms with Crippen LogP contribution >= 0.6 is 0 Å². The van der Waals surface area contributed by atoms with Crippen molar-refractivity contribution in [1.82, 2.24) is 20.4 Å². The van der Waals surface area contributed by atoms with E-state index < -0.39 is 23.7 Å². The van der Waals surface area contributed by atoms with E-state index in [1.54, 1.807) is 4.90 Å². The average Bonchev–Trinajstić information content (AvgIpc) is 3.10. The van der Waals surface area contributed by atoms with Gasteiger partial charge in [0.2, 0.25) is 5.82 Å². The number of carbonyl (C=O) groups excluding carboxylic acids is 1. The van der Waals surface area contributed by atoms with Gasteiger partial charge in [-0.2, -0.15) is 18.2 Å². The van der Waals surface area contributed by atoms with E-state index in [1.165, 1.54) is 12.1 Å². The van der Waals surface area contributed by atoms with Gasteiger partial charge in [-0.3, -0.25) is 0 Å². The molecule has 11 heteroatoms. The molecule has 1 N–H and O–H groups in total. The number of benzene rings is 1. The quantitative estimate of drug-likeness (QED) is 0.835. The van der Waals surface area contributed by atoms with Crippen LogP contribution in [0.4, 0.5) is 22.4 Å². The molecule has 1 aliphatic rings. The topological polar surface area (TPSA) is 80.5 Å². The van der Waals surface area contributed by atoms with Crippen molar-refractivity contribution in [2.75, 3.05) is 26.3 Å². The lowest BCUT2D eigenvalue weighted by atomic mass is 10.1. The number of halogens is 4. The van der Waals surface area contributed by atoms with Crippen molar-refractivity contribution in [3.05, 3.63) is 35.5 Å². The fraction of sp³-hybridized carbons (Fsp3) is 0.400. The van der Waals surface area contributed by atoms with Crippen LogP contribution in [0.5, 0.6) is 0 Å². The van der Waals surface area contributed by atoms with Gasteiger partial charge in [0.15, 0.2) is 0 Å². The van der Waals surface area contributed by atoms with Crippen LogP contribution in [0, 0.1) is 5.82 Å². The lowest BCUT2D eigenvalue weighted by Crippen LogP contribution is -2.45. The number of rotatable bonds is 3. The van der Waals surface area contributed by atoms with Crippen LogP contribution in [0.25, 0.3) is 11.4 Å². The smallest absolute Gasteiger partial charge is 0.378 e. The van der Waals surface area contributed by atoms with Gasteiger partial charge in [0, 0.05) is 19.6 Å². The Labute approximate surface area is 144 Å². The highest BCUT2D eigenvalue weighted by molar-refractivity contribution is 5.74. The highest BCUT2D eigenvalue weighted by Gasteiger charge is 2.38. The standard InChI is InChI=1S/C15H14F4N4O3/c16-11-7-9(8-20-14(24)23-3-5-25-6-4-23)1-2-10(11)12-21-13(26-22-12)15(17,18)19/h1-2,7H,3-6,8H2,(H,20,24). The number of nitrogens with zero attached hydrogens (tertiary/aromatic N) is 3. The molecule has 0 spiro atoms. The van der Waals surface area contributed by atoms with Crippen molar-refractivity contribution in [3.8, 4) is 11.4 Å². The van der Waals surface area contributed by atoms with E-state index >= 15 is 0 Å². The number of alkyl halides is 3. The molecular formula is C15H14F4N4O3. The molecule has 0 saturated carbocycles. The molecule has 1 saturated heterocycles. The molecular weight excluding hydrogens is 360 g/mol. The molecule has 1 aromatic carbocycles. The lowest BCUT2D eigenvalue weighted by molar-refractivity contribution is -0.159. The summed E-state index contributed by atoms with van der Waals surface area (Å²) >= 11 is 0. The normalized spacial score (nSPS) is 15.2. The van der Waals surface area contributed by atoms with Crippen molar-refractivity contribution in [3.63, 3.8) is 0 Å². The number of nitrogens with one attached hydrogen (secondary N) is 1. The molecule has 1 aliphatic heterocycles. The van der Waals surface area contributed by atoms with Crippen LogP contribution in [0.3, 0.4) is 0 Å². The van der Waals surface area contributed by atoms with E-state index in [9.17, 15) is 22.4 Å². The lowest BCUT2D eigenvalue weighted by Gasteiger charge is -2.26. The Hall–Kier alpha value is -2.69. The Kier molecular flexibility index (Phi) is 5.07. The molecule has 0 aliphatic carbocycles. The number of aromatic nitrogens is 2. The summed E-state index contributed by atoms with van der Waals surface area (Å²) in [4.78, 5) is 16.7. The Morgan fingerprint density at radius 1 is 1.27 bits per heavy atom. The third-order valence-electron chi connectivity index (χ3n) is 3.68. The summed E-state index contributed by atoms with van der Waals surface area (Å²) in [5, 5.41) is 5.79. The first kappa shape index (κ1) is 18.1. The fourth-order valence-corrected chi connectivity index (χ4v) is 2.35. The monoisotopic (exact) mass is 374 g/mol. The van der Waals surface area contributed by atoms with Gasteiger partial charge in [0.1, 0.15) is 5.82 Å². The van der Waals surface area contributed by atoms with E-state index in [-0.39, 0.29) is 18.1 Å². The van der Waals surface area contributed by atoms with Crippen LogP contribution in [-0.2, 0) is 17.5 Å². The third-order valence-corrected chi connectivity index (χ3v) is 3.68. The first-order chi connectivity index (χ1) is 12.3. The summed E-state index contributed by atoms with van der Waals surface area (Å²) in [6.07, 6.45) is -4.80. The predicted octanol–water partition coefficient (Wildman–Crippen LogP) is 2.44. The zero-order chi connectivity index (χ0) is 18.7. The van der Waals surface area contributed by atoms with Crippen molar-refractivity contribution >= 4 is 6.03 Å². The van der Waals surface area contributed by atoms with E-state index in [0.29, 0.717) is 31.9 Å². The molecule has 2 amide bonds. The molecule has 0 atom stereocenters. The number of hydrogen-bond acceptors (Lipinski definition) is 5. The van der Waals surface area contributed by atoms with E-state index in [4.69, 9.17) is 4.74 Å². The zero-order valence-electron chi connectivity index (χ0n) is 13.3. The van der Waals surface area contributed by atoms with Crippen molar-refractivity contribution in [2.45, 2.75) is 12.7 Å². The predicted molar refractivity (Wildman–Crippen MR) is 79.3 cm³/mol. The Morgan fingerprint density at radius 2 is 2.00 bits per heavy atom. The summed E-state index contributed by atoms with van der Waals surface area (Å²) in [6, 6.07) is 3.49. The summed E-state index contributed by atoms with van der Waals surface area (Å²) < 4.78 is 60.8. The van der Waals surface area contributed by atoms with Crippen LogP contribution in [0.2, 0.25) is 0 Å². The Morgan fingerprint density at radius 3 is 2.62 bits per heavy atom. The van der Waals surface area contributed by atoms with Gasteiger partial charge in [-0.15, -0.1) is 0 Å². The second-order valence-corrected chi connectivity index (χ2v) is 5.49. The maximum Gasteiger partial charge on any atom is 0.471 e. The first-order valence-corrected chi connectivity index (χ1v) is 7.65. The third kappa shape index (κ3) is 4.10. The van der Waals surface area contributed by atoms with E-state index in [2.05, 4.69) is 20.0 Å².